The van der Waals surface area contributed by atoms with Crippen molar-refractivity contribution >= 4 is 23.2 Å². The first-order valence-corrected chi connectivity index (χ1v) is 8.25. The number of benzene rings is 1. The molecule has 122 valence electrons. The first-order valence-electron chi connectivity index (χ1n) is 7.37. The standard InChI is InChI=1S/C17H20N2O3S/c1-11(2)13-6-8-14(9-7-13)22-12(3)16(20)18-19-17(21)15-5-4-10-23-15/h4-12H,1-3H3,(H,18,20)(H,19,21). The molecule has 2 rings (SSSR count). The van der Waals surface area contributed by atoms with Crippen molar-refractivity contribution in [1.29, 1.82) is 0 Å². The Labute approximate surface area is 139 Å². The summed E-state index contributed by atoms with van der Waals surface area (Å²) in [6.07, 6.45) is -0.719. The van der Waals surface area contributed by atoms with Crippen LogP contribution >= 0.6 is 11.3 Å². The van der Waals surface area contributed by atoms with Gasteiger partial charge in [0, 0.05) is 0 Å². The number of carbonyl (C=O) groups is 2. The Balaban J connectivity index is 1.83. The van der Waals surface area contributed by atoms with Crippen LogP contribution in [0.1, 0.15) is 41.9 Å². The number of hydrogen-bond donors (Lipinski definition) is 2. The number of amides is 2. The van der Waals surface area contributed by atoms with Crippen molar-refractivity contribution in [2.75, 3.05) is 0 Å². The highest BCUT2D eigenvalue weighted by atomic mass is 32.1. The monoisotopic (exact) mass is 332 g/mol. The summed E-state index contributed by atoms with van der Waals surface area (Å²) < 4.78 is 5.57. The smallest absolute Gasteiger partial charge is 0.279 e. The van der Waals surface area contributed by atoms with Crippen molar-refractivity contribution < 1.29 is 14.3 Å². The Hall–Kier alpha value is -2.34. The van der Waals surface area contributed by atoms with Gasteiger partial charge in [-0.25, -0.2) is 0 Å². The zero-order valence-electron chi connectivity index (χ0n) is 13.3. The minimum absolute atomic E-state index is 0.346. The number of rotatable bonds is 5. The summed E-state index contributed by atoms with van der Waals surface area (Å²) in [4.78, 5) is 24.2. The molecule has 2 aromatic rings. The van der Waals surface area contributed by atoms with E-state index in [0.717, 1.165) is 0 Å². The number of hydrogen-bond acceptors (Lipinski definition) is 4. The maximum Gasteiger partial charge on any atom is 0.279 e. The molecule has 5 nitrogen and oxygen atoms in total. The van der Waals surface area contributed by atoms with Crippen molar-refractivity contribution in [2.45, 2.75) is 32.8 Å². The predicted octanol–water partition coefficient (Wildman–Crippen LogP) is 3.10. The lowest BCUT2D eigenvalue weighted by Gasteiger charge is -2.15. The molecule has 0 bridgehead atoms. The first-order chi connectivity index (χ1) is 11.0. The second-order valence-corrected chi connectivity index (χ2v) is 6.35. The molecule has 0 saturated carbocycles. The van der Waals surface area contributed by atoms with Crippen LogP contribution in [0.15, 0.2) is 41.8 Å². The van der Waals surface area contributed by atoms with Gasteiger partial charge in [0.2, 0.25) is 0 Å². The van der Waals surface area contributed by atoms with E-state index in [2.05, 4.69) is 24.7 Å². The average molecular weight is 332 g/mol. The van der Waals surface area contributed by atoms with E-state index in [-0.39, 0.29) is 5.91 Å². The highest BCUT2D eigenvalue weighted by Crippen LogP contribution is 2.19. The van der Waals surface area contributed by atoms with Gasteiger partial charge >= 0.3 is 0 Å². The van der Waals surface area contributed by atoms with E-state index in [4.69, 9.17) is 4.74 Å². The van der Waals surface area contributed by atoms with Crippen LogP contribution in [0.5, 0.6) is 5.75 Å². The van der Waals surface area contributed by atoms with Crippen LogP contribution in [-0.2, 0) is 4.79 Å². The minimum atomic E-state index is -0.719. The van der Waals surface area contributed by atoms with Crippen molar-refractivity contribution in [2.24, 2.45) is 0 Å². The third-order valence-corrected chi connectivity index (χ3v) is 4.14. The fourth-order valence-corrected chi connectivity index (χ4v) is 2.50. The fourth-order valence-electron chi connectivity index (χ4n) is 1.88. The van der Waals surface area contributed by atoms with Gasteiger partial charge in [-0.3, -0.25) is 20.4 Å². The molecule has 1 aromatic carbocycles. The number of ether oxygens (including phenoxy) is 1. The lowest BCUT2D eigenvalue weighted by Crippen LogP contribution is -2.47. The van der Waals surface area contributed by atoms with Gasteiger partial charge in [0.25, 0.3) is 11.8 Å². The van der Waals surface area contributed by atoms with Crippen molar-refractivity contribution in [3.63, 3.8) is 0 Å². The lowest BCUT2D eigenvalue weighted by molar-refractivity contribution is -0.128. The van der Waals surface area contributed by atoms with Crippen LogP contribution in [0.4, 0.5) is 0 Å². The summed E-state index contributed by atoms with van der Waals surface area (Å²) in [5.74, 6) is 0.295. The average Bonchev–Trinajstić information content (AvgIpc) is 3.07. The molecule has 1 atom stereocenters. The van der Waals surface area contributed by atoms with E-state index in [1.807, 2.05) is 24.3 Å². The van der Waals surface area contributed by atoms with Gasteiger partial charge in [-0.2, -0.15) is 0 Å². The summed E-state index contributed by atoms with van der Waals surface area (Å²) in [7, 11) is 0. The van der Waals surface area contributed by atoms with Crippen LogP contribution < -0.4 is 15.6 Å². The number of thiophene rings is 1. The molecular weight excluding hydrogens is 312 g/mol. The highest BCUT2D eigenvalue weighted by Gasteiger charge is 2.16. The Morgan fingerprint density at radius 2 is 1.74 bits per heavy atom. The molecular formula is C17H20N2O3S. The molecule has 1 heterocycles. The maximum atomic E-state index is 11.9. The van der Waals surface area contributed by atoms with Crippen LogP contribution in [-0.4, -0.2) is 17.9 Å². The normalized spacial score (nSPS) is 11.8. The Bertz CT molecular complexity index is 651. The summed E-state index contributed by atoms with van der Waals surface area (Å²) >= 11 is 1.30. The predicted molar refractivity (Wildman–Crippen MR) is 90.5 cm³/mol. The molecule has 0 radical (unpaired) electrons. The SMILES string of the molecule is CC(Oc1ccc(C(C)C)cc1)C(=O)NNC(=O)c1cccs1. The highest BCUT2D eigenvalue weighted by molar-refractivity contribution is 7.12. The van der Waals surface area contributed by atoms with Crippen LogP contribution in [0.2, 0.25) is 0 Å². The molecule has 2 amide bonds. The zero-order chi connectivity index (χ0) is 16.8. The topological polar surface area (TPSA) is 67.4 Å². The van der Waals surface area contributed by atoms with Gasteiger partial charge in [-0.1, -0.05) is 32.0 Å². The van der Waals surface area contributed by atoms with E-state index in [1.165, 1.54) is 16.9 Å². The molecule has 0 aliphatic carbocycles. The van der Waals surface area contributed by atoms with Gasteiger partial charge in [0.15, 0.2) is 6.10 Å². The zero-order valence-corrected chi connectivity index (χ0v) is 14.1. The van der Waals surface area contributed by atoms with Gasteiger partial charge in [-0.15, -0.1) is 11.3 Å². The number of nitrogens with one attached hydrogen (secondary N) is 2. The third-order valence-electron chi connectivity index (χ3n) is 3.27. The molecule has 0 saturated heterocycles. The van der Waals surface area contributed by atoms with Crippen LogP contribution in [0.3, 0.4) is 0 Å². The minimum Gasteiger partial charge on any atom is -0.481 e. The second-order valence-electron chi connectivity index (χ2n) is 5.40. The maximum absolute atomic E-state index is 11.9. The largest absolute Gasteiger partial charge is 0.481 e. The van der Waals surface area contributed by atoms with E-state index in [9.17, 15) is 9.59 Å². The van der Waals surface area contributed by atoms with Crippen LogP contribution in [0.25, 0.3) is 0 Å². The molecule has 6 heteroatoms. The lowest BCUT2D eigenvalue weighted by atomic mass is 10.0. The van der Waals surface area contributed by atoms with E-state index in [0.29, 0.717) is 16.5 Å². The molecule has 0 aliphatic heterocycles. The first kappa shape index (κ1) is 17.0. The van der Waals surface area contributed by atoms with E-state index < -0.39 is 12.0 Å². The van der Waals surface area contributed by atoms with Gasteiger partial charge in [0.05, 0.1) is 4.88 Å². The van der Waals surface area contributed by atoms with Gasteiger partial charge in [-0.05, 0) is 42.0 Å². The summed E-state index contributed by atoms with van der Waals surface area (Å²) in [6.45, 7) is 5.85. The number of carbonyl (C=O) groups excluding carboxylic acids is 2. The molecule has 1 unspecified atom stereocenters. The molecule has 1 aromatic heterocycles. The molecule has 23 heavy (non-hydrogen) atoms. The fraction of sp³-hybridized carbons (Fsp3) is 0.294. The van der Waals surface area contributed by atoms with Crippen molar-refractivity contribution in [1.82, 2.24) is 10.9 Å². The molecule has 2 N–H and O–H groups in total. The number of hydrazine groups is 1. The van der Waals surface area contributed by atoms with Gasteiger partial charge in [0.1, 0.15) is 5.75 Å². The second kappa shape index (κ2) is 7.78. The van der Waals surface area contributed by atoms with E-state index in [1.54, 1.807) is 24.4 Å². The quantitative estimate of drug-likeness (QED) is 0.827. The van der Waals surface area contributed by atoms with E-state index >= 15 is 0 Å². The summed E-state index contributed by atoms with van der Waals surface area (Å²) in [6, 6.07) is 11.1. The Morgan fingerprint density at radius 3 is 2.30 bits per heavy atom. The molecule has 0 fully saturated rings. The molecule has 0 aliphatic rings. The van der Waals surface area contributed by atoms with Crippen molar-refractivity contribution in [3.05, 3.63) is 52.2 Å². The van der Waals surface area contributed by atoms with Gasteiger partial charge < -0.3 is 4.74 Å². The summed E-state index contributed by atoms with van der Waals surface area (Å²) in [5, 5.41) is 1.79. The van der Waals surface area contributed by atoms with Crippen molar-refractivity contribution in [3.8, 4) is 5.75 Å². The third kappa shape index (κ3) is 4.82. The molecule has 0 spiro atoms. The Kier molecular flexibility index (Phi) is 5.76. The Morgan fingerprint density at radius 1 is 1.04 bits per heavy atom. The summed E-state index contributed by atoms with van der Waals surface area (Å²) in [5.41, 5.74) is 5.94. The van der Waals surface area contributed by atoms with Crippen LogP contribution in [0, 0.1) is 0 Å².